The summed E-state index contributed by atoms with van der Waals surface area (Å²) in [4.78, 5) is 24.3. The van der Waals surface area contributed by atoms with Crippen molar-refractivity contribution < 1.29 is 19.4 Å². The van der Waals surface area contributed by atoms with Crippen LogP contribution in [0.25, 0.3) is 0 Å². The number of ether oxygens (including phenoxy) is 1. The van der Waals surface area contributed by atoms with E-state index in [1.165, 1.54) is 18.1 Å². The number of amides is 1. The average molecular weight is 390 g/mol. The summed E-state index contributed by atoms with van der Waals surface area (Å²) in [5, 5.41) is 9.61. The maximum Gasteiger partial charge on any atom is 0.260 e. The van der Waals surface area contributed by atoms with Crippen LogP contribution in [0.5, 0.6) is 0 Å². The third kappa shape index (κ3) is 5.76. The topological polar surface area (TPSA) is 92.9 Å². The van der Waals surface area contributed by atoms with Gasteiger partial charge in [-0.25, -0.2) is 0 Å². The number of aliphatic hydroxyl groups excluding tert-OH is 1. The summed E-state index contributed by atoms with van der Waals surface area (Å²) >= 11 is 0. The van der Waals surface area contributed by atoms with Gasteiger partial charge in [-0.15, -0.1) is 0 Å². The van der Waals surface area contributed by atoms with Gasteiger partial charge in [-0.05, 0) is 57.1 Å². The van der Waals surface area contributed by atoms with Gasteiger partial charge in [0.2, 0.25) is 11.4 Å². The molecule has 1 aliphatic rings. The van der Waals surface area contributed by atoms with E-state index in [0.29, 0.717) is 12.0 Å². The molecular formula is C23H35NO4. The number of carbonyl (C=O) groups is 2. The van der Waals surface area contributed by atoms with E-state index in [1.807, 2.05) is 6.92 Å². The first-order valence-electron chi connectivity index (χ1n) is 9.76. The first-order valence-corrected chi connectivity index (χ1v) is 9.76. The number of ketones is 1. The Bertz CT molecular complexity index is 719. The second-order valence-electron chi connectivity index (χ2n) is 8.46. The number of hydrogen-bond donors (Lipinski definition) is 2. The molecule has 0 spiro atoms. The Hall–Kier alpha value is -1.98. The van der Waals surface area contributed by atoms with Crippen molar-refractivity contribution in [3.8, 4) is 0 Å². The zero-order valence-electron chi connectivity index (χ0n) is 18.2. The van der Waals surface area contributed by atoms with Crippen LogP contribution in [0.15, 0.2) is 47.1 Å². The van der Waals surface area contributed by atoms with Crippen molar-refractivity contribution in [1.82, 2.24) is 0 Å². The molecule has 1 saturated heterocycles. The van der Waals surface area contributed by atoms with Gasteiger partial charge < -0.3 is 15.6 Å². The lowest BCUT2D eigenvalue weighted by Gasteiger charge is -2.20. The normalized spacial score (nSPS) is 25.1. The molecule has 1 fully saturated rings. The summed E-state index contributed by atoms with van der Waals surface area (Å²) in [6, 6.07) is 0. The second-order valence-corrected chi connectivity index (χ2v) is 8.46. The van der Waals surface area contributed by atoms with Crippen molar-refractivity contribution in [3.63, 3.8) is 0 Å². The van der Waals surface area contributed by atoms with E-state index in [9.17, 15) is 14.7 Å². The molecule has 0 aromatic carbocycles. The van der Waals surface area contributed by atoms with Crippen molar-refractivity contribution in [1.29, 1.82) is 0 Å². The Morgan fingerprint density at radius 2 is 1.86 bits per heavy atom. The second kappa shape index (κ2) is 9.48. The summed E-state index contributed by atoms with van der Waals surface area (Å²) in [5.41, 5.74) is 6.61. The molecule has 1 heterocycles. The number of nitrogens with two attached hydrogens (primary N) is 1. The Labute approximate surface area is 169 Å². The molecule has 0 aliphatic carbocycles. The first-order chi connectivity index (χ1) is 12.9. The smallest absolute Gasteiger partial charge is 0.260 e. The molecule has 0 aromatic rings. The highest BCUT2D eigenvalue weighted by atomic mass is 16.6. The fraction of sp³-hybridized carbons (Fsp3) is 0.565. The summed E-state index contributed by atoms with van der Waals surface area (Å²) in [5.74, 6) is -1.32. The Morgan fingerprint density at radius 3 is 2.29 bits per heavy atom. The minimum Gasteiger partial charge on any atom is -0.391 e. The van der Waals surface area contributed by atoms with Crippen molar-refractivity contribution in [2.24, 2.45) is 11.1 Å². The number of epoxide rings is 1. The quantitative estimate of drug-likeness (QED) is 0.206. The number of aliphatic hydroxyl groups is 1. The van der Waals surface area contributed by atoms with Gasteiger partial charge in [0.05, 0.1) is 6.10 Å². The summed E-state index contributed by atoms with van der Waals surface area (Å²) in [6.45, 7) is 13.8. The van der Waals surface area contributed by atoms with E-state index < -0.39 is 29.5 Å². The summed E-state index contributed by atoms with van der Waals surface area (Å²) < 4.78 is 5.20. The molecule has 3 atom stereocenters. The minimum absolute atomic E-state index is 0.106. The molecule has 5 heteroatoms. The summed E-state index contributed by atoms with van der Waals surface area (Å²) in [7, 11) is 0. The fourth-order valence-corrected chi connectivity index (χ4v) is 3.17. The van der Waals surface area contributed by atoms with E-state index in [-0.39, 0.29) is 5.41 Å². The molecule has 0 saturated carbocycles. The fourth-order valence-electron chi connectivity index (χ4n) is 3.17. The molecule has 0 aromatic heterocycles. The average Bonchev–Trinajstić information content (AvgIpc) is 3.34. The lowest BCUT2D eigenvalue weighted by Crippen LogP contribution is -2.44. The predicted molar refractivity (Wildman–Crippen MR) is 113 cm³/mol. The molecule has 156 valence electrons. The number of unbranched alkanes of at least 4 members (excludes halogenated alkanes) is 1. The zero-order valence-corrected chi connectivity index (χ0v) is 18.2. The standard InChI is InChI=1S/C23H35NO4/c1-8-18(22(5,6)7)14-15(2)12-10-9-11-13-16(3)19(26)23(21(24)27)20(28-23)17(4)25/h8,10,12-14,17,20,25H,9,11H2,1-7H3,(H2,24,27)/b12-10+,15-14+,16-13+,18-8+/t17-,20-,23-/m0/s1. The molecule has 0 radical (unpaired) electrons. The lowest BCUT2D eigenvalue weighted by molar-refractivity contribution is -0.131. The number of rotatable bonds is 9. The van der Waals surface area contributed by atoms with Gasteiger partial charge in [-0.3, -0.25) is 9.59 Å². The largest absolute Gasteiger partial charge is 0.391 e. The molecule has 1 rings (SSSR count). The minimum atomic E-state index is -1.71. The maximum atomic E-state index is 12.6. The molecule has 1 amide bonds. The van der Waals surface area contributed by atoms with Crippen LogP contribution in [0.4, 0.5) is 0 Å². The molecule has 1 aliphatic heterocycles. The highest BCUT2D eigenvalue weighted by Crippen LogP contribution is 2.41. The van der Waals surface area contributed by atoms with Crippen LogP contribution in [0, 0.1) is 5.41 Å². The van der Waals surface area contributed by atoms with E-state index in [1.54, 1.807) is 13.0 Å². The third-order valence-electron chi connectivity index (χ3n) is 4.88. The van der Waals surface area contributed by atoms with E-state index in [4.69, 9.17) is 10.5 Å². The Morgan fingerprint density at radius 1 is 1.25 bits per heavy atom. The lowest BCUT2D eigenvalue weighted by atomic mass is 9.85. The SMILES string of the molecule is C\C=C(/C=C(C)/C=C/CC/C=C(\C)C(=O)[C@]1(C(N)=O)O[C@H]1[C@H](C)O)C(C)(C)C. The van der Waals surface area contributed by atoms with Crippen LogP contribution in [0.3, 0.4) is 0 Å². The van der Waals surface area contributed by atoms with Gasteiger partial charge in [0.15, 0.2) is 0 Å². The monoisotopic (exact) mass is 389 g/mol. The highest BCUT2D eigenvalue weighted by molar-refractivity contribution is 6.19. The molecule has 3 N–H and O–H groups in total. The van der Waals surface area contributed by atoms with Gasteiger partial charge in [-0.1, -0.05) is 56.7 Å². The van der Waals surface area contributed by atoms with Gasteiger partial charge >= 0.3 is 0 Å². The van der Waals surface area contributed by atoms with E-state index in [2.05, 4.69) is 52.0 Å². The number of primary amides is 1. The zero-order chi connectivity index (χ0) is 21.7. The van der Waals surface area contributed by atoms with E-state index in [0.717, 1.165) is 6.42 Å². The number of hydrogen-bond acceptors (Lipinski definition) is 4. The number of carbonyl (C=O) groups excluding carboxylic acids is 2. The predicted octanol–water partition coefficient (Wildman–Crippen LogP) is 3.78. The Balaban J connectivity index is 2.67. The number of Topliss-reactive ketones (excluding diaryl/α,β-unsaturated/α-hetero) is 1. The molecule has 28 heavy (non-hydrogen) atoms. The van der Waals surface area contributed by atoms with Crippen molar-refractivity contribution >= 4 is 11.7 Å². The highest BCUT2D eigenvalue weighted by Gasteiger charge is 2.69. The van der Waals surface area contributed by atoms with Crippen LogP contribution in [-0.2, 0) is 14.3 Å². The van der Waals surface area contributed by atoms with Crippen LogP contribution < -0.4 is 5.73 Å². The van der Waals surface area contributed by atoms with Gasteiger partial charge in [-0.2, -0.15) is 0 Å². The van der Waals surface area contributed by atoms with Crippen molar-refractivity contribution in [2.45, 2.75) is 79.1 Å². The molecule has 0 unspecified atom stereocenters. The summed E-state index contributed by atoms with van der Waals surface area (Å²) in [6.07, 6.45) is 9.84. The maximum absolute atomic E-state index is 12.6. The van der Waals surface area contributed by atoms with Gasteiger partial charge in [0.1, 0.15) is 6.10 Å². The van der Waals surface area contributed by atoms with Gasteiger partial charge in [0.25, 0.3) is 5.91 Å². The van der Waals surface area contributed by atoms with Crippen molar-refractivity contribution in [2.75, 3.05) is 0 Å². The first kappa shape index (κ1) is 24.1. The molecule has 0 bridgehead atoms. The molecular weight excluding hydrogens is 354 g/mol. The van der Waals surface area contributed by atoms with E-state index >= 15 is 0 Å². The van der Waals surface area contributed by atoms with Gasteiger partial charge in [0, 0.05) is 0 Å². The van der Waals surface area contributed by atoms with Crippen LogP contribution >= 0.6 is 0 Å². The van der Waals surface area contributed by atoms with Crippen molar-refractivity contribution in [3.05, 3.63) is 47.1 Å². The third-order valence-corrected chi connectivity index (χ3v) is 4.88. The Kier molecular flexibility index (Phi) is 8.15. The molecule has 5 nitrogen and oxygen atoms in total. The van der Waals surface area contributed by atoms with Crippen LogP contribution in [0.2, 0.25) is 0 Å². The van der Waals surface area contributed by atoms with Crippen LogP contribution in [0.1, 0.15) is 61.3 Å². The number of allylic oxidation sites excluding steroid dienone is 7. The van der Waals surface area contributed by atoms with Crippen LogP contribution in [-0.4, -0.2) is 34.6 Å².